The minimum absolute atomic E-state index is 0.00372. The molecule has 206 valence electrons. The highest BCUT2D eigenvalue weighted by Gasteiger charge is 2.29. The molecule has 2 atom stereocenters. The second kappa shape index (κ2) is 15.3. The number of carboxylic acid groups (broad SMARTS) is 2. The molecule has 1 aliphatic carbocycles. The van der Waals surface area contributed by atoms with Gasteiger partial charge in [0.15, 0.2) is 0 Å². The molecule has 36 heavy (non-hydrogen) atoms. The summed E-state index contributed by atoms with van der Waals surface area (Å²) in [6.07, 6.45) is 4.11. The van der Waals surface area contributed by atoms with Crippen molar-refractivity contribution < 1.29 is 38.9 Å². The van der Waals surface area contributed by atoms with Crippen LogP contribution in [-0.2, 0) is 23.9 Å². The molecule has 12 nitrogen and oxygen atoms in total. The van der Waals surface area contributed by atoms with E-state index in [-0.39, 0.29) is 24.7 Å². The number of carboxylic acids is 2. The molecule has 0 spiro atoms. The van der Waals surface area contributed by atoms with Crippen LogP contribution in [0.15, 0.2) is 0 Å². The molecule has 0 heterocycles. The van der Waals surface area contributed by atoms with Gasteiger partial charge in [0, 0.05) is 18.9 Å². The first kappa shape index (κ1) is 31.1. The fraction of sp³-hybridized carbons (Fsp3) is 0.792. The van der Waals surface area contributed by atoms with Gasteiger partial charge in [-0.3, -0.25) is 9.59 Å². The van der Waals surface area contributed by atoms with Crippen LogP contribution in [0.25, 0.3) is 0 Å². The number of esters is 1. The third kappa shape index (κ3) is 12.7. The number of carbonyl (C=O) groups is 5. The van der Waals surface area contributed by atoms with Gasteiger partial charge in [-0.2, -0.15) is 0 Å². The van der Waals surface area contributed by atoms with Crippen molar-refractivity contribution in [1.29, 1.82) is 0 Å². The molecule has 1 rings (SSSR count). The fourth-order valence-electron chi connectivity index (χ4n) is 3.99. The van der Waals surface area contributed by atoms with E-state index in [2.05, 4.69) is 16.0 Å². The zero-order valence-corrected chi connectivity index (χ0v) is 21.5. The van der Waals surface area contributed by atoms with E-state index in [4.69, 9.17) is 15.6 Å². The molecule has 1 aliphatic rings. The van der Waals surface area contributed by atoms with Crippen molar-refractivity contribution in [1.82, 2.24) is 16.0 Å². The number of aliphatic carboxylic acids is 2. The first-order valence-electron chi connectivity index (χ1n) is 12.5. The Bertz CT molecular complexity index is 760. The first-order valence-corrected chi connectivity index (χ1v) is 12.5. The van der Waals surface area contributed by atoms with Crippen LogP contribution in [0.2, 0.25) is 0 Å². The Kier molecular flexibility index (Phi) is 13.2. The van der Waals surface area contributed by atoms with Crippen molar-refractivity contribution in [2.24, 2.45) is 17.6 Å². The van der Waals surface area contributed by atoms with E-state index in [0.29, 0.717) is 31.8 Å². The standard InChI is InChI=1S/C24H42N4O8/c1-24(2,3)36-22(34)18(28-23(35)27-17(21(32)33)11-12-19(29)30)6-4-5-13-26-20(31)16-9-7-15(14-25)8-10-16/h15-18H,4-14,25H2,1-3H3,(H,26,31)(H,29,30)(H,32,33)(H2,27,28,35)/t15?,16?,17-,18-/m0/s1. The second-order valence-corrected chi connectivity index (χ2v) is 10.3. The van der Waals surface area contributed by atoms with Crippen LogP contribution in [0.3, 0.4) is 0 Å². The van der Waals surface area contributed by atoms with Crippen LogP contribution >= 0.6 is 0 Å². The number of ether oxygens (including phenoxy) is 1. The summed E-state index contributed by atoms with van der Waals surface area (Å²) in [5, 5.41) is 25.6. The number of amides is 3. The monoisotopic (exact) mass is 514 g/mol. The topological polar surface area (TPSA) is 197 Å². The van der Waals surface area contributed by atoms with Gasteiger partial charge in [-0.1, -0.05) is 0 Å². The van der Waals surface area contributed by atoms with Crippen molar-refractivity contribution >= 4 is 29.8 Å². The van der Waals surface area contributed by atoms with Gasteiger partial charge in [0.1, 0.15) is 17.7 Å². The average molecular weight is 515 g/mol. The number of carbonyl (C=O) groups excluding carboxylic acids is 3. The molecule has 0 unspecified atom stereocenters. The van der Waals surface area contributed by atoms with E-state index < -0.39 is 48.0 Å². The Hall–Kier alpha value is -2.89. The van der Waals surface area contributed by atoms with E-state index in [9.17, 15) is 29.1 Å². The Labute approximate surface area is 212 Å². The predicted molar refractivity (Wildman–Crippen MR) is 131 cm³/mol. The molecular formula is C24H42N4O8. The number of rotatable bonds is 14. The van der Waals surface area contributed by atoms with Crippen molar-refractivity contribution in [3.63, 3.8) is 0 Å². The maximum Gasteiger partial charge on any atom is 0.329 e. The van der Waals surface area contributed by atoms with Crippen LogP contribution < -0.4 is 21.7 Å². The van der Waals surface area contributed by atoms with Crippen molar-refractivity contribution in [3.05, 3.63) is 0 Å². The largest absolute Gasteiger partial charge is 0.481 e. The fourth-order valence-corrected chi connectivity index (χ4v) is 3.99. The van der Waals surface area contributed by atoms with Gasteiger partial charge in [-0.15, -0.1) is 0 Å². The zero-order valence-electron chi connectivity index (χ0n) is 21.5. The highest BCUT2D eigenvalue weighted by molar-refractivity contribution is 5.87. The summed E-state index contributed by atoms with van der Waals surface area (Å²) in [7, 11) is 0. The number of nitrogens with two attached hydrogens (primary N) is 1. The lowest BCUT2D eigenvalue weighted by molar-refractivity contribution is -0.157. The average Bonchev–Trinajstić information content (AvgIpc) is 2.79. The summed E-state index contributed by atoms with van der Waals surface area (Å²) in [6, 6.07) is -3.37. The van der Waals surface area contributed by atoms with Gasteiger partial charge < -0.3 is 36.6 Å². The Balaban J connectivity index is 2.56. The van der Waals surface area contributed by atoms with E-state index >= 15 is 0 Å². The lowest BCUT2D eigenvalue weighted by Crippen LogP contribution is -2.52. The van der Waals surface area contributed by atoms with E-state index in [1.807, 2.05) is 0 Å². The molecule has 3 amide bonds. The quantitative estimate of drug-likeness (QED) is 0.146. The molecule has 0 aliphatic heterocycles. The normalized spacial score (nSPS) is 19.4. The zero-order chi connectivity index (χ0) is 27.3. The molecule has 7 N–H and O–H groups in total. The minimum atomic E-state index is -1.42. The van der Waals surface area contributed by atoms with Gasteiger partial charge in [-0.25, -0.2) is 14.4 Å². The van der Waals surface area contributed by atoms with Crippen molar-refractivity contribution in [2.45, 2.75) is 96.2 Å². The van der Waals surface area contributed by atoms with Crippen LogP contribution in [0.5, 0.6) is 0 Å². The molecule has 1 fully saturated rings. The smallest absolute Gasteiger partial charge is 0.329 e. The summed E-state index contributed by atoms with van der Waals surface area (Å²) in [6.45, 7) is 6.14. The summed E-state index contributed by atoms with van der Waals surface area (Å²) >= 11 is 0. The maximum absolute atomic E-state index is 12.6. The molecular weight excluding hydrogens is 472 g/mol. The maximum atomic E-state index is 12.6. The van der Waals surface area contributed by atoms with Crippen LogP contribution in [0.1, 0.15) is 78.6 Å². The highest BCUT2D eigenvalue weighted by atomic mass is 16.6. The summed E-state index contributed by atoms with van der Waals surface area (Å²) in [5.41, 5.74) is 4.90. The number of hydrogen-bond donors (Lipinski definition) is 6. The molecule has 0 saturated heterocycles. The number of nitrogens with one attached hydrogen (secondary N) is 3. The molecule has 0 radical (unpaired) electrons. The van der Waals surface area contributed by atoms with Gasteiger partial charge >= 0.3 is 23.9 Å². The van der Waals surface area contributed by atoms with Gasteiger partial charge in [0.05, 0.1) is 0 Å². The van der Waals surface area contributed by atoms with E-state index in [1.54, 1.807) is 20.8 Å². The molecule has 1 saturated carbocycles. The Morgan fingerprint density at radius 2 is 1.56 bits per heavy atom. The summed E-state index contributed by atoms with van der Waals surface area (Å²) in [5.74, 6) is -2.73. The van der Waals surface area contributed by atoms with Crippen LogP contribution in [0.4, 0.5) is 4.79 Å². The summed E-state index contributed by atoms with van der Waals surface area (Å²) in [4.78, 5) is 59.4. The van der Waals surface area contributed by atoms with Crippen LogP contribution in [0, 0.1) is 11.8 Å². The molecule has 12 heteroatoms. The Morgan fingerprint density at radius 3 is 2.08 bits per heavy atom. The number of urea groups is 1. The second-order valence-electron chi connectivity index (χ2n) is 10.3. The van der Waals surface area contributed by atoms with Crippen molar-refractivity contribution in [2.75, 3.05) is 13.1 Å². The minimum Gasteiger partial charge on any atom is -0.481 e. The molecule has 0 aromatic carbocycles. The molecule has 0 aromatic heterocycles. The Morgan fingerprint density at radius 1 is 0.944 bits per heavy atom. The van der Waals surface area contributed by atoms with Crippen LogP contribution in [-0.4, -0.2) is 70.8 Å². The summed E-state index contributed by atoms with van der Waals surface area (Å²) < 4.78 is 5.37. The van der Waals surface area contributed by atoms with E-state index in [0.717, 1.165) is 25.7 Å². The molecule has 0 aromatic rings. The first-order chi connectivity index (χ1) is 16.8. The molecule has 0 bridgehead atoms. The van der Waals surface area contributed by atoms with Gasteiger partial charge in [0.2, 0.25) is 5.91 Å². The lowest BCUT2D eigenvalue weighted by atomic mass is 9.81. The number of hydrogen-bond acceptors (Lipinski definition) is 7. The van der Waals surface area contributed by atoms with Crippen molar-refractivity contribution in [3.8, 4) is 0 Å². The van der Waals surface area contributed by atoms with Gasteiger partial charge in [0.25, 0.3) is 0 Å². The number of unbranched alkanes of at least 4 members (excludes halogenated alkanes) is 1. The lowest BCUT2D eigenvalue weighted by Gasteiger charge is -2.27. The van der Waals surface area contributed by atoms with Gasteiger partial charge in [-0.05, 0) is 84.6 Å². The third-order valence-electron chi connectivity index (χ3n) is 6.02. The highest BCUT2D eigenvalue weighted by Crippen LogP contribution is 2.28. The predicted octanol–water partition coefficient (Wildman–Crippen LogP) is 1.37. The third-order valence-corrected chi connectivity index (χ3v) is 6.02. The SMILES string of the molecule is CC(C)(C)OC(=O)[C@H](CCCCNC(=O)C1CCC(CN)CC1)NC(=O)N[C@@H](CCC(=O)O)C(=O)O. The van der Waals surface area contributed by atoms with E-state index in [1.165, 1.54) is 0 Å².